The molecule has 1 unspecified atom stereocenters. The van der Waals surface area contributed by atoms with E-state index < -0.39 is 5.97 Å². The third kappa shape index (κ3) is 6.84. The van der Waals surface area contributed by atoms with Crippen LogP contribution in [-0.2, 0) is 17.6 Å². The number of amides is 2. The highest BCUT2D eigenvalue weighted by molar-refractivity contribution is 7.11. The number of aryl methyl sites for hydroxylation is 2. The number of aromatic nitrogens is 1. The molecular weight excluding hydrogens is 350 g/mol. The summed E-state index contributed by atoms with van der Waals surface area (Å²) in [5, 5.41) is 15.7. The Morgan fingerprint density at radius 2 is 1.96 bits per heavy atom. The van der Waals surface area contributed by atoms with Gasteiger partial charge in [-0.3, -0.25) is 4.79 Å². The fourth-order valence-electron chi connectivity index (χ4n) is 2.59. The van der Waals surface area contributed by atoms with Gasteiger partial charge in [0.2, 0.25) is 0 Å². The number of nitrogens with zero attached hydrogens (tertiary/aromatic N) is 1. The van der Waals surface area contributed by atoms with Crippen LogP contribution in [0, 0.1) is 13.8 Å². The summed E-state index contributed by atoms with van der Waals surface area (Å²) in [6.45, 7) is 4.51. The lowest BCUT2D eigenvalue weighted by atomic mass is 10.0. The monoisotopic (exact) mass is 375 g/mol. The maximum atomic E-state index is 12.2. The Morgan fingerprint density at radius 1 is 1.23 bits per heavy atom. The summed E-state index contributed by atoms with van der Waals surface area (Å²) in [7, 11) is 0. The molecule has 0 radical (unpaired) electrons. The number of carbonyl (C=O) groups excluding carboxylic acids is 1. The Bertz CT molecular complexity index is 711. The van der Waals surface area contributed by atoms with Gasteiger partial charge in [-0.25, -0.2) is 9.78 Å². The van der Waals surface area contributed by atoms with Crippen LogP contribution in [0.5, 0.6) is 0 Å². The molecule has 0 aliphatic rings. The van der Waals surface area contributed by atoms with Gasteiger partial charge in [0.25, 0.3) is 0 Å². The quantitative estimate of drug-likeness (QED) is 0.628. The number of nitrogens with one attached hydrogen (secondary N) is 2. The first-order valence-electron chi connectivity index (χ1n) is 8.67. The molecule has 1 heterocycles. The molecule has 3 N–H and O–H groups in total. The van der Waals surface area contributed by atoms with E-state index in [4.69, 9.17) is 5.11 Å². The van der Waals surface area contributed by atoms with Gasteiger partial charge in [0.1, 0.15) is 0 Å². The smallest absolute Gasteiger partial charge is 0.315 e. The Labute approximate surface area is 157 Å². The molecule has 0 bridgehead atoms. The van der Waals surface area contributed by atoms with Crippen LogP contribution in [0.25, 0.3) is 0 Å². The van der Waals surface area contributed by atoms with Crippen molar-refractivity contribution < 1.29 is 14.7 Å². The van der Waals surface area contributed by atoms with Crippen molar-refractivity contribution >= 4 is 23.3 Å². The highest BCUT2D eigenvalue weighted by Gasteiger charge is 2.15. The first-order valence-corrected chi connectivity index (χ1v) is 9.48. The number of rotatable bonds is 9. The second-order valence-electron chi connectivity index (χ2n) is 6.22. The van der Waals surface area contributed by atoms with Crippen molar-refractivity contribution in [1.82, 2.24) is 15.6 Å². The fraction of sp³-hybridized carbons (Fsp3) is 0.421. The Kier molecular flexibility index (Phi) is 7.59. The van der Waals surface area contributed by atoms with Crippen LogP contribution in [0.1, 0.15) is 34.0 Å². The van der Waals surface area contributed by atoms with Crippen LogP contribution >= 0.6 is 11.3 Å². The summed E-state index contributed by atoms with van der Waals surface area (Å²) >= 11 is 1.64. The van der Waals surface area contributed by atoms with E-state index in [1.54, 1.807) is 11.3 Å². The predicted molar refractivity (Wildman–Crippen MR) is 103 cm³/mol. The van der Waals surface area contributed by atoms with Gasteiger partial charge in [-0.15, -0.1) is 11.3 Å². The number of hydrogen-bond donors (Lipinski definition) is 3. The van der Waals surface area contributed by atoms with Crippen molar-refractivity contribution in [2.24, 2.45) is 0 Å². The van der Waals surface area contributed by atoms with Crippen LogP contribution in [0.2, 0.25) is 0 Å². The Balaban J connectivity index is 1.82. The second kappa shape index (κ2) is 9.91. The van der Waals surface area contributed by atoms with Crippen molar-refractivity contribution in [1.29, 1.82) is 0 Å². The average molecular weight is 375 g/mol. The van der Waals surface area contributed by atoms with E-state index in [-0.39, 0.29) is 18.5 Å². The van der Waals surface area contributed by atoms with Crippen LogP contribution in [0.4, 0.5) is 4.79 Å². The van der Waals surface area contributed by atoms with Crippen LogP contribution < -0.4 is 10.6 Å². The Morgan fingerprint density at radius 3 is 2.58 bits per heavy atom. The number of thiazole rings is 1. The van der Waals surface area contributed by atoms with Gasteiger partial charge in [-0.2, -0.15) is 0 Å². The summed E-state index contributed by atoms with van der Waals surface area (Å²) < 4.78 is 0. The fourth-order valence-corrected chi connectivity index (χ4v) is 3.52. The van der Waals surface area contributed by atoms with Gasteiger partial charge in [0, 0.05) is 30.3 Å². The summed E-state index contributed by atoms with van der Waals surface area (Å²) in [6, 6.07) is 9.24. The second-order valence-corrected chi connectivity index (χ2v) is 7.51. The van der Waals surface area contributed by atoms with Gasteiger partial charge in [0.05, 0.1) is 10.7 Å². The lowest BCUT2D eigenvalue weighted by Gasteiger charge is -2.18. The van der Waals surface area contributed by atoms with E-state index in [2.05, 4.69) is 15.6 Å². The zero-order valence-electron chi connectivity index (χ0n) is 15.1. The van der Waals surface area contributed by atoms with Gasteiger partial charge in [-0.05, 0) is 32.3 Å². The first kappa shape index (κ1) is 19.9. The summed E-state index contributed by atoms with van der Waals surface area (Å²) in [6.07, 6.45) is 1.70. The molecule has 26 heavy (non-hydrogen) atoms. The van der Waals surface area contributed by atoms with Crippen molar-refractivity contribution in [3.05, 3.63) is 51.5 Å². The number of carbonyl (C=O) groups is 2. The van der Waals surface area contributed by atoms with Crippen molar-refractivity contribution in [3.63, 3.8) is 0 Å². The molecule has 0 spiro atoms. The van der Waals surface area contributed by atoms with Gasteiger partial charge in [-0.1, -0.05) is 30.3 Å². The molecule has 1 atom stereocenters. The zero-order valence-corrected chi connectivity index (χ0v) is 15.9. The standard InChI is InChI=1S/C19H25N3O3S/c1-13-14(2)26-17(21-13)10-11-20-19(25)22-16(8-9-18(23)24)12-15-6-4-3-5-7-15/h3-7,16H,8-12H2,1-2H3,(H,23,24)(H2,20,22,25). The summed E-state index contributed by atoms with van der Waals surface area (Å²) in [5.74, 6) is -0.861. The predicted octanol–water partition coefficient (Wildman–Crippen LogP) is 3.08. The number of hydrogen-bond acceptors (Lipinski definition) is 4. The lowest BCUT2D eigenvalue weighted by Crippen LogP contribution is -2.44. The molecule has 0 fully saturated rings. The maximum absolute atomic E-state index is 12.2. The molecule has 1 aromatic carbocycles. The van der Waals surface area contributed by atoms with Crippen molar-refractivity contribution in [2.45, 2.75) is 45.6 Å². The molecule has 6 nitrogen and oxygen atoms in total. The highest BCUT2D eigenvalue weighted by Crippen LogP contribution is 2.16. The van der Waals surface area contributed by atoms with Gasteiger partial charge in [0.15, 0.2) is 0 Å². The first-order chi connectivity index (χ1) is 12.4. The highest BCUT2D eigenvalue weighted by atomic mass is 32.1. The van der Waals surface area contributed by atoms with Gasteiger partial charge < -0.3 is 15.7 Å². The molecule has 2 amide bonds. The normalized spacial score (nSPS) is 11.8. The molecule has 0 aliphatic carbocycles. The molecule has 140 valence electrons. The minimum Gasteiger partial charge on any atom is -0.481 e. The molecular formula is C19H25N3O3S. The zero-order chi connectivity index (χ0) is 18.9. The number of urea groups is 1. The van der Waals surface area contributed by atoms with E-state index in [0.717, 1.165) is 16.3 Å². The molecule has 7 heteroatoms. The minimum absolute atomic E-state index is 0.0233. The molecule has 0 saturated carbocycles. The van der Waals surface area contributed by atoms with Crippen LogP contribution in [0.15, 0.2) is 30.3 Å². The summed E-state index contributed by atoms with van der Waals surface area (Å²) in [4.78, 5) is 28.7. The van der Waals surface area contributed by atoms with Crippen LogP contribution in [0.3, 0.4) is 0 Å². The van der Waals surface area contributed by atoms with Crippen molar-refractivity contribution in [3.8, 4) is 0 Å². The molecule has 1 aromatic heterocycles. The summed E-state index contributed by atoms with van der Waals surface area (Å²) in [5.41, 5.74) is 2.10. The topological polar surface area (TPSA) is 91.3 Å². The number of benzene rings is 1. The largest absolute Gasteiger partial charge is 0.481 e. The Hall–Kier alpha value is -2.41. The van der Waals surface area contributed by atoms with E-state index >= 15 is 0 Å². The average Bonchev–Trinajstić information content (AvgIpc) is 2.91. The third-order valence-electron chi connectivity index (χ3n) is 4.06. The maximum Gasteiger partial charge on any atom is 0.315 e. The number of carboxylic acid groups (broad SMARTS) is 1. The third-order valence-corrected chi connectivity index (χ3v) is 5.20. The van der Waals surface area contributed by atoms with E-state index in [9.17, 15) is 9.59 Å². The van der Waals surface area contributed by atoms with E-state index in [0.29, 0.717) is 25.8 Å². The number of carboxylic acids is 1. The lowest BCUT2D eigenvalue weighted by molar-refractivity contribution is -0.137. The molecule has 0 aliphatic heterocycles. The van der Waals surface area contributed by atoms with Crippen LogP contribution in [-0.4, -0.2) is 34.7 Å². The molecule has 2 rings (SSSR count). The van der Waals surface area contributed by atoms with Gasteiger partial charge >= 0.3 is 12.0 Å². The molecule has 0 saturated heterocycles. The van der Waals surface area contributed by atoms with E-state index in [1.165, 1.54) is 4.88 Å². The van der Waals surface area contributed by atoms with E-state index in [1.807, 2.05) is 44.2 Å². The van der Waals surface area contributed by atoms with Crippen molar-refractivity contribution in [2.75, 3.05) is 6.54 Å². The molecule has 2 aromatic rings. The number of aliphatic carboxylic acids is 1. The SMILES string of the molecule is Cc1nc(CCNC(=O)NC(CCC(=O)O)Cc2ccccc2)sc1C. The minimum atomic E-state index is -0.861.